The second-order valence-electron chi connectivity index (χ2n) is 4.64. The van der Waals surface area contributed by atoms with E-state index in [2.05, 4.69) is 0 Å². The molecule has 0 aromatic heterocycles. The van der Waals surface area contributed by atoms with Crippen LogP contribution >= 0.6 is 0 Å². The summed E-state index contributed by atoms with van der Waals surface area (Å²) in [5.74, 6) is 0.558. The highest BCUT2D eigenvalue weighted by Crippen LogP contribution is 2.36. The largest absolute Gasteiger partial charge is 0.497 e. The Balaban J connectivity index is 2.23. The second kappa shape index (κ2) is 4.78. The molecule has 0 amide bonds. The first kappa shape index (κ1) is 12.0. The van der Waals surface area contributed by atoms with Crippen molar-refractivity contribution in [2.24, 2.45) is 0 Å². The summed E-state index contributed by atoms with van der Waals surface area (Å²) in [5, 5.41) is 0. The van der Waals surface area contributed by atoms with Gasteiger partial charge in [-0.1, -0.05) is 6.07 Å². The van der Waals surface area contributed by atoms with Crippen LogP contribution in [0.2, 0.25) is 0 Å². The summed E-state index contributed by atoms with van der Waals surface area (Å²) >= 11 is 0. The van der Waals surface area contributed by atoms with Gasteiger partial charge in [-0.05, 0) is 49.9 Å². The Morgan fingerprint density at radius 1 is 1.41 bits per heavy atom. The average Bonchev–Trinajstić information content (AvgIpc) is 2.70. The van der Waals surface area contributed by atoms with Gasteiger partial charge in [0.1, 0.15) is 5.75 Å². The molecule has 0 aliphatic heterocycles. The molecule has 1 aliphatic carbocycles. The fourth-order valence-corrected chi connectivity index (χ4v) is 2.27. The quantitative estimate of drug-likeness (QED) is 0.754. The summed E-state index contributed by atoms with van der Waals surface area (Å²) < 4.78 is 10.5. The third kappa shape index (κ3) is 2.43. The molecule has 1 aromatic rings. The lowest BCUT2D eigenvalue weighted by Gasteiger charge is -2.14. The van der Waals surface area contributed by atoms with Crippen LogP contribution in [0.3, 0.4) is 0 Å². The van der Waals surface area contributed by atoms with Crippen LogP contribution in [0, 0.1) is 0 Å². The van der Waals surface area contributed by atoms with Crippen molar-refractivity contribution >= 4 is 5.97 Å². The molecule has 1 aliphatic rings. The molecule has 2 rings (SSSR count). The van der Waals surface area contributed by atoms with Gasteiger partial charge in [-0.25, -0.2) is 0 Å². The smallest absolute Gasteiger partial charge is 0.313 e. The van der Waals surface area contributed by atoms with Crippen molar-refractivity contribution in [2.75, 3.05) is 7.11 Å². The van der Waals surface area contributed by atoms with Crippen LogP contribution < -0.4 is 4.74 Å². The molecular formula is C14H18O3. The predicted molar refractivity (Wildman–Crippen MR) is 65.3 cm³/mol. The third-order valence-corrected chi connectivity index (χ3v) is 3.07. The third-order valence-electron chi connectivity index (χ3n) is 3.07. The van der Waals surface area contributed by atoms with Crippen molar-refractivity contribution in [1.29, 1.82) is 0 Å². The number of methoxy groups -OCH3 is 1. The molecule has 0 unspecified atom stereocenters. The molecular weight excluding hydrogens is 216 g/mol. The molecule has 92 valence electrons. The van der Waals surface area contributed by atoms with Crippen molar-refractivity contribution in [3.8, 4) is 5.75 Å². The minimum Gasteiger partial charge on any atom is -0.497 e. The van der Waals surface area contributed by atoms with E-state index in [1.807, 2.05) is 32.0 Å². The van der Waals surface area contributed by atoms with Crippen LogP contribution in [0.5, 0.6) is 5.75 Å². The van der Waals surface area contributed by atoms with Gasteiger partial charge in [0.25, 0.3) is 0 Å². The first-order valence-corrected chi connectivity index (χ1v) is 5.99. The van der Waals surface area contributed by atoms with Gasteiger partial charge in [0.05, 0.1) is 19.1 Å². The second-order valence-corrected chi connectivity index (χ2v) is 4.64. The minimum absolute atomic E-state index is 0.0582. The lowest BCUT2D eigenvalue weighted by atomic mass is 10.0. The predicted octanol–water partition coefficient (Wildman–Crippen LogP) is 2.68. The number of carbonyl (C=O) groups is 1. The van der Waals surface area contributed by atoms with Crippen LogP contribution in [0.15, 0.2) is 18.2 Å². The normalized spacial score (nSPS) is 18.0. The number of fused-ring (bicyclic) bond motifs is 1. The number of esters is 1. The molecule has 0 bridgehead atoms. The zero-order valence-corrected chi connectivity index (χ0v) is 10.5. The van der Waals surface area contributed by atoms with E-state index < -0.39 is 0 Å². The van der Waals surface area contributed by atoms with Crippen LogP contribution in [-0.4, -0.2) is 19.2 Å². The van der Waals surface area contributed by atoms with E-state index in [-0.39, 0.29) is 18.0 Å². The molecule has 0 N–H and O–H groups in total. The molecule has 17 heavy (non-hydrogen) atoms. The lowest BCUT2D eigenvalue weighted by Crippen LogP contribution is -2.18. The maximum absolute atomic E-state index is 12.0. The SMILES string of the molecule is COc1ccc2c(c1)[C@H](C(=O)OC(C)C)CC2. The van der Waals surface area contributed by atoms with E-state index in [1.165, 1.54) is 5.56 Å². The molecule has 1 atom stereocenters. The van der Waals surface area contributed by atoms with Gasteiger partial charge < -0.3 is 9.47 Å². The minimum atomic E-state index is -0.123. The van der Waals surface area contributed by atoms with Gasteiger partial charge in [-0.2, -0.15) is 0 Å². The molecule has 0 radical (unpaired) electrons. The number of carbonyl (C=O) groups excluding carboxylic acids is 1. The van der Waals surface area contributed by atoms with E-state index in [0.29, 0.717) is 0 Å². The summed E-state index contributed by atoms with van der Waals surface area (Å²) in [6.07, 6.45) is 1.72. The highest BCUT2D eigenvalue weighted by molar-refractivity contribution is 5.80. The summed E-state index contributed by atoms with van der Waals surface area (Å²) in [7, 11) is 1.64. The Hall–Kier alpha value is -1.51. The molecule has 0 heterocycles. The van der Waals surface area contributed by atoms with Crippen LogP contribution in [0.1, 0.15) is 37.3 Å². The van der Waals surface area contributed by atoms with E-state index >= 15 is 0 Å². The van der Waals surface area contributed by atoms with Gasteiger partial charge in [0, 0.05) is 0 Å². The zero-order valence-electron chi connectivity index (χ0n) is 10.5. The number of rotatable bonds is 3. The first-order chi connectivity index (χ1) is 8.11. The molecule has 0 saturated carbocycles. The molecule has 0 fully saturated rings. The van der Waals surface area contributed by atoms with Gasteiger partial charge >= 0.3 is 5.97 Å². The number of ether oxygens (including phenoxy) is 2. The monoisotopic (exact) mass is 234 g/mol. The molecule has 0 saturated heterocycles. The Kier molecular flexibility index (Phi) is 3.36. The van der Waals surface area contributed by atoms with E-state index in [4.69, 9.17) is 9.47 Å². The highest BCUT2D eigenvalue weighted by Gasteiger charge is 2.30. The maximum Gasteiger partial charge on any atom is 0.313 e. The first-order valence-electron chi connectivity index (χ1n) is 5.99. The summed E-state index contributed by atoms with van der Waals surface area (Å²) in [6, 6.07) is 5.93. The Morgan fingerprint density at radius 2 is 2.18 bits per heavy atom. The van der Waals surface area contributed by atoms with Crippen LogP contribution in [-0.2, 0) is 16.0 Å². The van der Waals surface area contributed by atoms with Gasteiger partial charge in [0.15, 0.2) is 0 Å². The van der Waals surface area contributed by atoms with Crippen LogP contribution in [0.25, 0.3) is 0 Å². The van der Waals surface area contributed by atoms with Gasteiger partial charge in [0.2, 0.25) is 0 Å². The lowest BCUT2D eigenvalue weighted by molar-refractivity contribution is -0.149. The summed E-state index contributed by atoms with van der Waals surface area (Å²) in [6.45, 7) is 3.75. The number of aryl methyl sites for hydroxylation is 1. The topological polar surface area (TPSA) is 35.5 Å². The number of hydrogen-bond donors (Lipinski definition) is 0. The maximum atomic E-state index is 12.0. The standard InChI is InChI=1S/C14H18O3/c1-9(2)17-14(15)12-7-5-10-4-6-11(16-3)8-13(10)12/h4,6,8-9,12H,5,7H2,1-3H3/t12-/m1/s1. The van der Waals surface area contributed by atoms with Crippen molar-refractivity contribution in [3.63, 3.8) is 0 Å². The number of hydrogen-bond acceptors (Lipinski definition) is 3. The average molecular weight is 234 g/mol. The van der Waals surface area contributed by atoms with Crippen molar-refractivity contribution in [3.05, 3.63) is 29.3 Å². The fraction of sp³-hybridized carbons (Fsp3) is 0.500. The summed E-state index contributed by atoms with van der Waals surface area (Å²) in [4.78, 5) is 12.0. The molecule has 0 spiro atoms. The van der Waals surface area contributed by atoms with Gasteiger partial charge in [-0.3, -0.25) is 4.79 Å². The van der Waals surface area contributed by atoms with Crippen molar-refractivity contribution < 1.29 is 14.3 Å². The van der Waals surface area contributed by atoms with E-state index in [1.54, 1.807) is 7.11 Å². The highest BCUT2D eigenvalue weighted by atomic mass is 16.5. The van der Waals surface area contributed by atoms with Crippen molar-refractivity contribution in [1.82, 2.24) is 0 Å². The fourth-order valence-electron chi connectivity index (χ4n) is 2.27. The van der Waals surface area contributed by atoms with E-state index in [0.717, 1.165) is 24.2 Å². The summed E-state index contributed by atoms with van der Waals surface area (Å²) in [5.41, 5.74) is 2.30. The van der Waals surface area contributed by atoms with E-state index in [9.17, 15) is 4.79 Å². The van der Waals surface area contributed by atoms with Crippen LogP contribution in [0.4, 0.5) is 0 Å². The van der Waals surface area contributed by atoms with Crippen molar-refractivity contribution in [2.45, 2.75) is 38.7 Å². The Labute approximate surface area is 102 Å². The number of benzene rings is 1. The molecule has 3 nitrogen and oxygen atoms in total. The molecule has 1 aromatic carbocycles. The Morgan fingerprint density at radius 3 is 2.82 bits per heavy atom. The van der Waals surface area contributed by atoms with Gasteiger partial charge in [-0.15, -0.1) is 0 Å². The zero-order chi connectivity index (χ0) is 12.4. The molecule has 3 heteroatoms. The Bertz CT molecular complexity index is 423.